The molecule has 0 fully saturated rings. The second-order valence-corrected chi connectivity index (χ2v) is 6.86. The number of halogens is 1. The molecule has 0 saturated heterocycles. The third-order valence-electron chi connectivity index (χ3n) is 4.33. The molecule has 0 spiro atoms. The van der Waals surface area contributed by atoms with Gasteiger partial charge < -0.3 is 9.30 Å². The highest BCUT2D eigenvalue weighted by atomic mass is 35.5. The normalized spacial score (nSPS) is 11.5. The molecule has 4 heteroatoms. The van der Waals surface area contributed by atoms with E-state index in [-0.39, 0.29) is 6.04 Å². The standard InChI is InChI=1S/C21H19ClN2O/c1-14(2)24-20-12-17(22)8-10-19(20)23-21(24)13-25-18-9-7-15-5-3-4-6-16(15)11-18/h3-12,14H,13H2,1-2H3. The first kappa shape index (κ1) is 16.0. The molecule has 0 radical (unpaired) electrons. The van der Waals surface area contributed by atoms with Gasteiger partial charge in [-0.05, 0) is 55.0 Å². The first-order valence-corrected chi connectivity index (χ1v) is 8.77. The van der Waals surface area contributed by atoms with E-state index in [1.165, 1.54) is 10.8 Å². The van der Waals surface area contributed by atoms with Crippen LogP contribution in [0.2, 0.25) is 5.02 Å². The van der Waals surface area contributed by atoms with Crippen molar-refractivity contribution in [1.82, 2.24) is 9.55 Å². The number of ether oxygens (including phenoxy) is 1. The summed E-state index contributed by atoms with van der Waals surface area (Å²) in [6, 6.07) is 20.5. The number of aromatic nitrogens is 2. The molecule has 3 aromatic carbocycles. The molecular formula is C21H19ClN2O. The molecule has 0 unspecified atom stereocenters. The molecule has 0 atom stereocenters. The summed E-state index contributed by atoms with van der Waals surface area (Å²) in [6.07, 6.45) is 0. The zero-order valence-corrected chi connectivity index (χ0v) is 15.0. The van der Waals surface area contributed by atoms with E-state index in [1.807, 2.05) is 36.4 Å². The Balaban J connectivity index is 1.66. The van der Waals surface area contributed by atoms with E-state index in [2.05, 4.69) is 42.7 Å². The van der Waals surface area contributed by atoms with Gasteiger partial charge in [0.1, 0.15) is 18.2 Å². The topological polar surface area (TPSA) is 27.1 Å². The van der Waals surface area contributed by atoms with E-state index in [9.17, 15) is 0 Å². The SMILES string of the molecule is CC(C)n1c(COc2ccc3ccccc3c2)nc2ccc(Cl)cc21. The van der Waals surface area contributed by atoms with Gasteiger partial charge in [-0.15, -0.1) is 0 Å². The molecule has 0 aliphatic carbocycles. The first-order valence-electron chi connectivity index (χ1n) is 8.40. The average molecular weight is 351 g/mol. The predicted molar refractivity (Wildman–Crippen MR) is 103 cm³/mol. The predicted octanol–water partition coefficient (Wildman–Crippen LogP) is 6.00. The van der Waals surface area contributed by atoms with Gasteiger partial charge in [0.15, 0.2) is 0 Å². The van der Waals surface area contributed by atoms with E-state index in [0.717, 1.165) is 27.6 Å². The largest absolute Gasteiger partial charge is 0.486 e. The number of hydrogen-bond acceptors (Lipinski definition) is 2. The Labute approximate surface area is 151 Å². The third-order valence-corrected chi connectivity index (χ3v) is 4.56. The third kappa shape index (κ3) is 3.08. The van der Waals surface area contributed by atoms with Crippen molar-refractivity contribution >= 4 is 33.4 Å². The lowest BCUT2D eigenvalue weighted by Crippen LogP contribution is -2.09. The maximum absolute atomic E-state index is 6.16. The summed E-state index contributed by atoms with van der Waals surface area (Å²) in [4.78, 5) is 4.73. The minimum Gasteiger partial charge on any atom is -0.486 e. The fourth-order valence-corrected chi connectivity index (χ4v) is 3.37. The van der Waals surface area contributed by atoms with Crippen LogP contribution >= 0.6 is 11.6 Å². The number of nitrogens with zero attached hydrogens (tertiary/aromatic N) is 2. The van der Waals surface area contributed by atoms with Crippen molar-refractivity contribution in [1.29, 1.82) is 0 Å². The average Bonchev–Trinajstić information content (AvgIpc) is 2.97. The monoisotopic (exact) mass is 350 g/mol. The lowest BCUT2D eigenvalue weighted by molar-refractivity contribution is 0.288. The van der Waals surface area contributed by atoms with E-state index in [1.54, 1.807) is 0 Å². The van der Waals surface area contributed by atoms with Gasteiger partial charge in [-0.1, -0.05) is 41.9 Å². The number of fused-ring (bicyclic) bond motifs is 2. The van der Waals surface area contributed by atoms with Crippen molar-refractivity contribution in [3.8, 4) is 5.75 Å². The molecule has 0 bridgehead atoms. The number of imidazole rings is 1. The Hall–Kier alpha value is -2.52. The molecule has 1 aromatic heterocycles. The van der Waals surface area contributed by atoms with Crippen LogP contribution in [0.3, 0.4) is 0 Å². The fourth-order valence-electron chi connectivity index (χ4n) is 3.20. The van der Waals surface area contributed by atoms with E-state index >= 15 is 0 Å². The van der Waals surface area contributed by atoms with Gasteiger partial charge in [0.2, 0.25) is 0 Å². The molecule has 126 valence electrons. The highest BCUT2D eigenvalue weighted by molar-refractivity contribution is 6.31. The van der Waals surface area contributed by atoms with Crippen molar-refractivity contribution in [2.24, 2.45) is 0 Å². The smallest absolute Gasteiger partial charge is 0.148 e. The van der Waals surface area contributed by atoms with Gasteiger partial charge in [0.25, 0.3) is 0 Å². The van der Waals surface area contributed by atoms with Crippen LogP contribution in [0.4, 0.5) is 0 Å². The van der Waals surface area contributed by atoms with Crippen molar-refractivity contribution in [3.05, 3.63) is 71.5 Å². The van der Waals surface area contributed by atoms with E-state index in [4.69, 9.17) is 21.3 Å². The van der Waals surface area contributed by atoms with Crippen LogP contribution in [0, 0.1) is 0 Å². The van der Waals surface area contributed by atoms with Gasteiger partial charge in [0.05, 0.1) is 11.0 Å². The zero-order valence-electron chi connectivity index (χ0n) is 14.2. The summed E-state index contributed by atoms with van der Waals surface area (Å²) < 4.78 is 8.22. The summed E-state index contributed by atoms with van der Waals surface area (Å²) in [7, 11) is 0. The van der Waals surface area contributed by atoms with Crippen LogP contribution in [0.5, 0.6) is 5.75 Å². The summed E-state index contributed by atoms with van der Waals surface area (Å²) in [5.41, 5.74) is 1.98. The van der Waals surface area contributed by atoms with Crippen LogP contribution in [0.1, 0.15) is 25.7 Å². The van der Waals surface area contributed by atoms with Crippen LogP contribution in [-0.4, -0.2) is 9.55 Å². The molecule has 0 N–H and O–H groups in total. The molecular weight excluding hydrogens is 332 g/mol. The lowest BCUT2D eigenvalue weighted by atomic mass is 10.1. The molecule has 1 heterocycles. The van der Waals surface area contributed by atoms with Crippen molar-refractivity contribution < 1.29 is 4.74 Å². The van der Waals surface area contributed by atoms with Gasteiger partial charge in [-0.25, -0.2) is 4.98 Å². The molecule has 0 aliphatic heterocycles. The molecule has 0 aliphatic rings. The van der Waals surface area contributed by atoms with Crippen LogP contribution in [-0.2, 0) is 6.61 Å². The Morgan fingerprint density at radius 1 is 1.00 bits per heavy atom. The molecule has 3 nitrogen and oxygen atoms in total. The first-order chi connectivity index (χ1) is 12.1. The lowest BCUT2D eigenvalue weighted by Gasteiger charge is -2.14. The zero-order chi connectivity index (χ0) is 17.4. The molecule has 0 amide bonds. The van der Waals surface area contributed by atoms with Gasteiger partial charge >= 0.3 is 0 Å². The second-order valence-electron chi connectivity index (χ2n) is 6.42. The van der Waals surface area contributed by atoms with Crippen LogP contribution < -0.4 is 4.74 Å². The van der Waals surface area contributed by atoms with Crippen LogP contribution in [0.15, 0.2) is 60.7 Å². The maximum atomic E-state index is 6.16. The second kappa shape index (κ2) is 6.41. The Kier molecular flexibility index (Phi) is 4.10. The summed E-state index contributed by atoms with van der Waals surface area (Å²) >= 11 is 6.16. The quantitative estimate of drug-likeness (QED) is 0.451. The fraction of sp³-hybridized carbons (Fsp3) is 0.190. The summed E-state index contributed by atoms with van der Waals surface area (Å²) in [5.74, 6) is 1.75. The summed E-state index contributed by atoms with van der Waals surface area (Å²) in [6.45, 7) is 4.70. The van der Waals surface area contributed by atoms with E-state index < -0.39 is 0 Å². The van der Waals surface area contributed by atoms with Crippen molar-refractivity contribution in [2.45, 2.75) is 26.5 Å². The maximum Gasteiger partial charge on any atom is 0.148 e. The van der Waals surface area contributed by atoms with E-state index in [0.29, 0.717) is 6.61 Å². The van der Waals surface area contributed by atoms with Crippen molar-refractivity contribution in [3.63, 3.8) is 0 Å². The Morgan fingerprint density at radius 2 is 1.80 bits per heavy atom. The number of hydrogen-bond donors (Lipinski definition) is 0. The highest BCUT2D eigenvalue weighted by Crippen LogP contribution is 2.26. The van der Waals surface area contributed by atoms with Crippen LogP contribution in [0.25, 0.3) is 21.8 Å². The molecule has 0 saturated carbocycles. The highest BCUT2D eigenvalue weighted by Gasteiger charge is 2.14. The molecule has 4 rings (SSSR count). The molecule has 4 aromatic rings. The van der Waals surface area contributed by atoms with Crippen molar-refractivity contribution in [2.75, 3.05) is 0 Å². The minimum absolute atomic E-state index is 0.277. The Morgan fingerprint density at radius 3 is 2.60 bits per heavy atom. The number of benzene rings is 3. The number of rotatable bonds is 4. The van der Waals surface area contributed by atoms with Gasteiger partial charge in [-0.3, -0.25) is 0 Å². The summed E-state index contributed by atoms with van der Waals surface area (Å²) in [5, 5.41) is 3.10. The molecule has 25 heavy (non-hydrogen) atoms. The van der Waals surface area contributed by atoms with Gasteiger partial charge in [-0.2, -0.15) is 0 Å². The Bertz CT molecular complexity index is 1050. The van der Waals surface area contributed by atoms with Gasteiger partial charge in [0, 0.05) is 11.1 Å². The minimum atomic E-state index is 0.277.